The first-order valence-electron chi connectivity index (χ1n) is 6.80. The summed E-state index contributed by atoms with van der Waals surface area (Å²) in [6.07, 6.45) is 0.105. The van der Waals surface area contributed by atoms with Gasteiger partial charge in [-0.3, -0.25) is 0 Å². The van der Waals surface area contributed by atoms with E-state index in [0.717, 1.165) is 25.2 Å². The topological polar surface area (TPSA) is 23.5 Å². The van der Waals surface area contributed by atoms with E-state index in [2.05, 4.69) is 25.7 Å². The van der Waals surface area contributed by atoms with Gasteiger partial charge in [-0.1, -0.05) is 56.1 Å². The van der Waals surface area contributed by atoms with E-state index in [9.17, 15) is 5.11 Å². The molecule has 19 heavy (non-hydrogen) atoms. The SMILES string of the molecule is CCN(CCC(O)c1cccc(Cl)c1Cl)CC(C)C. The minimum atomic E-state index is -0.563. The summed E-state index contributed by atoms with van der Waals surface area (Å²) in [5, 5.41) is 11.2. The smallest absolute Gasteiger partial charge is 0.0817 e. The molecule has 1 N–H and O–H groups in total. The largest absolute Gasteiger partial charge is 0.388 e. The monoisotopic (exact) mass is 303 g/mol. The Balaban J connectivity index is 2.59. The molecule has 0 aliphatic heterocycles. The third-order valence-electron chi connectivity index (χ3n) is 3.13. The van der Waals surface area contributed by atoms with Gasteiger partial charge < -0.3 is 10.0 Å². The molecule has 0 saturated heterocycles. The number of nitrogens with zero attached hydrogens (tertiary/aromatic N) is 1. The molecular formula is C15H23Cl2NO. The maximum atomic E-state index is 10.2. The second-order valence-electron chi connectivity index (χ2n) is 5.23. The molecule has 0 amide bonds. The van der Waals surface area contributed by atoms with Crippen molar-refractivity contribution >= 4 is 23.2 Å². The number of hydrogen-bond donors (Lipinski definition) is 1. The predicted molar refractivity (Wildman–Crippen MR) is 83.0 cm³/mol. The van der Waals surface area contributed by atoms with Crippen molar-refractivity contribution in [2.24, 2.45) is 5.92 Å². The normalized spacial score (nSPS) is 13.3. The average Bonchev–Trinajstić information content (AvgIpc) is 2.37. The van der Waals surface area contributed by atoms with Gasteiger partial charge in [0.1, 0.15) is 0 Å². The van der Waals surface area contributed by atoms with Crippen molar-refractivity contribution in [2.45, 2.75) is 33.3 Å². The molecule has 0 aliphatic rings. The highest BCUT2D eigenvalue weighted by molar-refractivity contribution is 6.42. The van der Waals surface area contributed by atoms with Gasteiger partial charge in [0.05, 0.1) is 16.1 Å². The van der Waals surface area contributed by atoms with E-state index in [1.54, 1.807) is 6.07 Å². The second kappa shape index (κ2) is 8.11. The van der Waals surface area contributed by atoms with Crippen molar-refractivity contribution in [1.29, 1.82) is 0 Å². The zero-order chi connectivity index (χ0) is 14.4. The van der Waals surface area contributed by atoms with Crippen LogP contribution in [-0.2, 0) is 0 Å². The number of aliphatic hydroxyl groups excluding tert-OH is 1. The molecule has 0 spiro atoms. The molecule has 1 aromatic carbocycles. The first kappa shape index (κ1) is 16.8. The van der Waals surface area contributed by atoms with Gasteiger partial charge in [-0.05, 0) is 24.9 Å². The number of rotatable bonds is 7. The predicted octanol–water partition coefficient (Wildman–Crippen LogP) is 4.39. The fourth-order valence-electron chi connectivity index (χ4n) is 2.13. The summed E-state index contributed by atoms with van der Waals surface area (Å²) < 4.78 is 0. The molecule has 0 fully saturated rings. The molecule has 108 valence electrons. The summed E-state index contributed by atoms with van der Waals surface area (Å²) in [5.41, 5.74) is 0.717. The Labute approximate surface area is 126 Å². The highest BCUT2D eigenvalue weighted by Crippen LogP contribution is 2.31. The van der Waals surface area contributed by atoms with Crippen LogP contribution in [0.1, 0.15) is 38.9 Å². The summed E-state index contributed by atoms with van der Waals surface area (Å²) in [4.78, 5) is 2.34. The zero-order valence-electron chi connectivity index (χ0n) is 11.9. The summed E-state index contributed by atoms with van der Waals surface area (Å²) in [5.74, 6) is 0.631. The Morgan fingerprint density at radius 2 is 1.95 bits per heavy atom. The lowest BCUT2D eigenvalue weighted by molar-refractivity contribution is 0.139. The van der Waals surface area contributed by atoms with Crippen molar-refractivity contribution in [3.63, 3.8) is 0 Å². The van der Waals surface area contributed by atoms with Crippen LogP contribution in [0.5, 0.6) is 0 Å². The fraction of sp³-hybridized carbons (Fsp3) is 0.600. The van der Waals surface area contributed by atoms with Crippen LogP contribution in [0.15, 0.2) is 18.2 Å². The van der Waals surface area contributed by atoms with Crippen molar-refractivity contribution in [1.82, 2.24) is 4.90 Å². The fourth-order valence-corrected chi connectivity index (χ4v) is 2.57. The van der Waals surface area contributed by atoms with Crippen LogP contribution in [-0.4, -0.2) is 29.6 Å². The van der Waals surface area contributed by atoms with Gasteiger partial charge in [0.2, 0.25) is 0 Å². The molecule has 0 heterocycles. The maximum absolute atomic E-state index is 10.2. The Hall–Kier alpha value is -0.280. The van der Waals surface area contributed by atoms with Gasteiger partial charge in [0.15, 0.2) is 0 Å². The third-order valence-corrected chi connectivity index (χ3v) is 3.96. The molecule has 0 aromatic heterocycles. The summed E-state index contributed by atoms with van der Waals surface area (Å²) >= 11 is 12.1. The average molecular weight is 304 g/mol. The van der Waals surface area contributed by atoms with Crippen molar-refractivity contribution < 1.29 is 5.11 Å². The van der Waals surface area contributed by atoms with E-state index >= 15 is 0 Å². The van der Waals surface area contributed by atoms with Gasteiger partial charge in [0.25, 0.3) is 0 Å². The van der Waals surface area contributed by atoms with Gasteiger partial charge in [-0.25, -0.2) is 0 Å². The van der Waals surface area contributed by atoms with E-state index < -0.39 is 6.10 Å². The number of aliphatic hydroxyl groups is 1. The van der Waals surface area contributed by atoms with Crippen LogP contribution in [0, 0.1) is 5.92 Å². The molecule has 0 aliphatic carbocycles. The molecule has 1 atom stereocenters. The number of benzene rings is 1. The van der Waals surface area contributed by atoms with Crippen LogP contribution in [0.4, 0.5) is 0 Å². The van der Waals surface area contributed by atoms with Crippen molar-refractivity contribution in [2.75, 3.05) is 19.6 Å². The minimum Gasteiger partial charge on any atom is -0.388 e. The number of halogens is 2. The van der Waals surface area contributed by atoms with E-state index in [-0.39, 0.29) is 0 Å². The van der Waals surface area contributed by atoms with Crippen LogP contribution in [0.2, 0.25) is 10.0 Å². The van der Waals surface area contributed by atoms with Crippen LogP contribution < -0.4 is 0 Å². The van der Waals surface area contributed by atoms with Crippen LogP contribution >= 0.6 is 23.2 Å². The van der Waals surface area contributed by atoms with Crippen LogP contribution in [0.25, 0.3) is 0 Å². The van der Waals surface area contributed by atoms with E-state index in [1.807, 2.05) is 12.1 Å². The van der Waals surface area contributed by atoms with Gasteiger partial charge in [-0.2, -0.15) is 0 Å². The minimum absolute atomic E-state index is 0.462. The van der Waals surface area contributed by atoms with Gasteiger partial charge >= 0.3 is 0 Å². The van der Waals surface area contributed by atoms with E-state index in [1.165, 1.54) is 0 Å². The highest BCUT2D eigenvalue weighted by Gasteiger charge is 2.15. The first-order chi connectivity index (χ1) is 8.95. The second-order valence-corrected chi connectivity index (χ2v) is 6.02. The molecule has 1 aromatic rings. The molecule has 2 nitrogen and oxygen atoms in total. The van der Waals surface area contributed by atoms with Crippen molar-refractivity contribution in [3.8, 4) is 0 Å². The lowest BCUT2D eigenvalue weighted by Crippen LogP contribution is -2.29. The summed E-state index contributed by atoms with van der Waals surface area (Å²) in [6.45, 7) is 9.44. The van der Waals surface area contributed by atoms with Gasteiger partial charge in [-0.15, -0.1) is 0 Å². The standard InChI is InChI=1S/C15H23Cl2NO/c1-4-18(10-11(2)3)9-8-14(19)12-6-5-7-13(16)15(12)17/h5-7,11,14,19H,4,8-10H2,1-3H3. The Bertz CT molecular complexity index is 396. The molecule has 0 saturated carbocycles. The Morgan fingerprint density at radius 3 is 2.53 bits per heavy atom. The number of hydrogen-bond acceptors (Lipinski definition) is 2. The third kappa shape index (κ3) is 5.31. The van der Waals surface area contributed by atoms with Gasteiger partial charge in [0, 0.05) is 18.7 Å². The Kier molecular flexibility index (Phi) is 7.16. The summed E-state index contributed by atoms with van der Waals surface area (Å²) in [7, 11) is 0. The molecular weight excluding hydrogens is 281 g/mol. The lowest BCUT2D eigenvalue weighted by atomic mass is 10.1. The molecule has 1 unspecified atom stereocenters. The van der Waals surface area contributed by atoms with Crippen molar-refractivity contribution in [3.05, 3.63) is 33.8 Å². The van der Waals surface area contributed by atoms with Crippen LogP contribution in [0.3, 0.4) is 0 Å². The molecule has 0 radical (unpaired) electrons. The lowest BCUT2D eigenvalue weighted by Gasteiger charge is -2.24. The maximum Gasteiger partial charge on any atom is 0.0817 e. The first-order valence-corrected chi connectivity index (χ1v) is 7.55. The van der Waals surface area contributed by atoms with E-state index in [4.69, 9.17) is 23.2 Å². The Morgan fingerprint density at radius 1 is 1.26 bits per heavy atom. The summed E-state index contributed by atoms with van der Waals surface area (Å²) in [6, 6.07) is 5.38. The molecule has 0 bridgehead atoms. The molecule has 1 rings (SSSR count). The highest BCUT2D eigenvalue weighted by atomic mass is 35.5. The zero-order valence-corrected chi connectivity index (χ0v) is 13.4. The quantitative estimate of drug-likeness (QED) is 0.807. The molecule has 4 heteroatoms. The van der Waals surface area contributed by atoms with E-state index in [0.29, 0.717) is 22.4 Å².